The van der Waals surface area contributed by atoms with Crippen LogP contribution in [-0.4, -0.2) is 27.6 Å². The monoisotopic (exact) mass is 537 g/mol. The highest BCUT2D eigenvalue weighted by molar-refractivity contribution is 7.92. The van der Waals surface area contributed by atoms with E-state index in [9.17, 15) is 22.0 Å². The summed E-state index contributed by atoms with van der Waals surface area (Å²) < 4.78 is 68.1. The molecule has 0 amide bonds. The van der Waals surface area contributed by atoms with Crippen LogP contribution in [0.25, 0.3) is 0 Å². The number of para-hydroxylation sites is 1. The zero-order valence-electron chi connectivity index (χ0n) is 19.8. The lowest BCUT2D eigenvalue weighted by molar-refractivity contribution is -0.143. The van der Waals surface area contributed by atoms with E-state index in [1.807, 2.05) is 0 Å². The molecule has 0 bridgehead atoms. The van der Waals surface area contributed by atoms with Crippen LogP contribution in [0, 0.1) is 11.6 Å². The number of benzene rings is 3. The maximum atomic E-state index is 14.9. The molecule has 0 aromatic heterocycles. The summed E-state index contributed by atoms with van der Waals surface area (Å²) in [5.41, 5.74) is -0.0237. The van der Waals surface area contributed by atoms with E-state index >= 15 is 0 Å². The molecule has 3 aromatic rings. The summed E-state index contributed by atoms with van der Waals surface area (Å²) in [5.74, 6) is -1.70. The van der Waals surface area contributed by atoms with Crippen LogP contribution in [0.15, 0.2) is 71.6 Å². The minimum Gasteiger partial charge on any atom is -0.493 e. The zero-order valence-corrected chi connectivity index (χ0v) is 21.4. The lowest BCUT2D eigenvalue weighted by Gasteiger charge is -2.32. The molecule has 0 aliphatic carbocycles. The number of anilines is 1. The highest BCUT2D eigenvalue weighted by atomic mass is 35.5. The first-order valence-corrected chi connectivity index (χ1v) is 13.1. The van der Waals surface area contributed by atoms with E-state index in [1.54, 1.807) is 38.1 Å². The Morgan fingerprint density at radius 3 is 2.44 bits per heavy atom. The van der Waals surface area contributed by atoms with Gasteiger partial charge in [0.05, 0.1) is 29.8 Å². The van der Waals surface area contributed by atoms with Crippen molar-refractivity contribution in [3.8, 4) is 5.75 Å². The predicted molar refractivity (Wildman–Crippen MR) is 134 cm³/mol. The fourth-order valence-corrected chi connectivity index (χ4v) is 5.40. The molecule has 192 valence electrons. The minimum atomic E-state index is -4.37. The number of carbonyl (C=O) groups is 1. The van der Waals surface area contributed by atoms with Gasteiger partial charge in [0.2, 0.25) is 0 Å². The zero-order chi connectivity index (χ0) is 26.3. The van der Waals surface area contributed by atoms with Crippen molar-refractivity contribution in [2.24, 2.45) is 0 Å². The second-order valence-electron chi connectivity index (χ2n) is 7.82. The van der Waals surface area contributed by atoms with Gasteiger partial charge in [-0.2, -0.15) is 0 Å². The van der Waals surface area contributed by atoms with Crippen molar-refractivity contribution in [1.29, 1.82) is 0 Å². The number of rotatable bonds is 11. The van der Waals surface area contributed by atoms with Crippen LogP contribution in [0.2, 0.25) is 5.02 Å². The largest absolute Gasteiger partial charge is 0.493 e. The fraction of sp³-hybridized carbons (Fsp3) is 0.269. The SMILES string of the molecule is CCOC(=O)CCCOc1ccccc1C(C)N(c1cc(F)ccc1F)S(=O)(=O)c1ccc(Cl)cc1. The average molecular weight is 538 g/mol. The molecular formula is C26H26ClF2NO5S. The molecule has 0 N–H and O–H groups in total. The number of sulfonamides is 1. The number of esters is 1. The smallest absolute Gasteiger partial charge is 0.305 e. The highest BCUT2D eigenvalue weighted by Gasteiger charge is 2.34. The Bertz CT molecular complexity index is 1300. The van der Waals surface area contributed by atoms with Gasteiger partial charge in [0, 0.05) is 23.1 Å². The summed E-state index contributed by atoms with van der Waals surface area (Å²) in [6.07, 6.45) is 0.546. The van der Waals surface area contributed by atoms with E-state index in [0.717, 1.165) is 22.5 Å². The van der Waals surface area contributed by atoms with Gasteiger partial charge in [-0.1, -0.05) is 29.8 Å². The van der Waals surface area contributed by atoms with Crippen LogP contribution in [0.1, 0.15) is 38.3 Å². The van der Waals surface area contributed by atoms with Crippen LogP contribution >= 0.6 is 11.6 Å². The summed E-state index contributed by atoms with van der Waals surface area (Å²) >= 11 is 5.92. The van der Waals surface area contributed by atoms with Gasteiger partial charge in [0.15, 0.2) is 0 Å². The summed E-state index contributed by atoms with van der Waals surface area (Å²) in [7, 11) is -4.37. The van der Waals surface area contributed by atoms with Gasteiger partial charge in [0.1, 0.15) is 17.4 Å². The van der Waals surface area contributed by atoms with E-state index in [1.165, 1.54) is 24.3 Å². The second kappa shape index (κ2) is 12.2. The van der Waals surface area contributed by atoms with E-state index in [0.29, 0.717) is 22.8 Å². The quantitative estimate of drug-likeness (QED) is 0.212. The topological polar surface area (TPSA) is 72.9 Å². The second-order valence-corrected chi connectivity index (χ2v) is 10.1. The van der Waals surface area contributed by atoms with Crippen molar-refractivity contribution < 1.29 is 31.5 Å². The predicted octanol–water partition coefficient (Wildman–Crippen LogP) is 6.30. The number of ether oxygens (including phenoxy) is 2. The number of halogens is 3. The van der Waals surface area contributed by atoms with Gasteiger partial charge in [-0.25, -0.2) is 17.2 Å². The van der Waals surface area contributed by atoms with Gasteiger partial charge < -0.3 is 9.47 Å². The average Bonchev–Trinajstić information content (AvgIpc) is 2.84. The summed E-state index contributed by atoms with van der Waals surface area (Å²) in [6, 6.07) is 13.7. The van der Waals surface area contributed by atoms with Gasteiger partial charge >= 0.3 is 5.97 Å². The lowest BCUT2D eigenvalue weighted by Crippen LogP contribution is -2.34. The van der Waals surface area contributed by atoms with Crippen LogP contribution in [0.5, 0.6) is 5.75 Å². The Morgan fingerprint density at radius 1 is 1.06 bits per heavy atom. The van der Waals surface area contributed by atoms with Crippen molar-refractivity contribution in [2.45, 2.75) is 37.6 Å². The van der Waals surface area contributed by atoms with E-state index < -0.39 is 33.4 Å². The highest BCUT2D eigenvalue weighted by Crippen LogP contribution is 2.38. The van der Waals surface area contributed by atoms with E-state index in [2.05, 4.69) is 0 Å². The van der Waals surface area contributed by atoms with Gasteiger partial charge in [0.25, 0.3) is 10.0 Å². The van der Waals surface area contributed by atoms with Crippen molar-refractivity contribution in [1.82, 2.24) is 0 Å². The molecule has 6 nitrogen and oxygen atoms in total. The first-order valence-electron chi connectivity index (χ1n) is 11.3. The van der Waals surface area contributed by atoms with Crippen LogP contribution in [0.4, 0.5) is 14.5 Å². The van der Waals surface area contributed by atoms with Crippen molar-refractivity contribution in [3.63, 3.8) is 0 Å². The van der Waals surface area contributed by atoms with Crippen LogP contribution in [0.3, 0.4) is 0 Å². The maximum absolute atomic E-state index is 14.9. The standard InChI is InChI=1S/C26H26ClF2NO5S/c1-3-34-26(31)9-6-16-35-25-8-5-4-7-22(25)18(2)30(24-17-20(28)12-15-23(24)29)36(32,33)21-13-10-19(27)11-14-21/h4-5,7-8,10-15,17-18H,3,6,9,16H2,1-2H3. The van der Waals surface area contributed by atoms with Crippen molar-refractivity contribution in [2.75, 3.05) is 17.5 Å². The Kier molecular flexibility index (Phi) is 9.28. The molecule has 36 heavy (non-hydrogen) atoms. The van der Waals surface area contributed by atoms with Crippen LogP contribution in [-0.2, 0) is 19.6 Å². The van der Waals surface area contributed by atoms with E-state index in [-0.39, 0.29) is 30.5 Å². The fourth-order valence-electron chi connectivity index (χ4n) is 3.64. The minimum absolute atomic E-state index is 0.143. The van der Waals surface area contributed by atoms with Crippen molar-refractivity contribution >= 4 is 33.3 Å². The third-order valence-corrected chi connectivity index (χ3v) is 7.48. The molecule has 0 radical (unpaired) electrons. The number of hydrogen-bond acceptors (Lipinski definition) is 5. The first kappa shape index (κ1) is 27.4. The Balaban J connectivity index is 2.00. The molecule has 0 aliphatic heterocycles. The third-order valence-electron chi connectivity index (χ3n) is 5.33. The molecule has 1 atom stereocenters. The molecule has 0 fully saturated rings. The number of carbonyl (C=O) groups excluding carboxylic acids is 1. The molecule has 0 heterocycles. The first-order chi connectivity index (χ1) is 17.1. The molecule has 0 saturated heterocycles. The molecule has 10 heteroatoms. The molecule has 0 spiro atoms. The Morgan fingerprint density at radius 2 is 1.75 bits per heavy atom. The summed E-state index contributed by atoms with van der Waals surface area (Å²) in [5, 5.41) is 0.326. The number of hydrogen-bond donors (Lipinski definition) is 0. The third kappa shape index (κ3) is 6.53. The lowest BCUT2D eigenvalue weighted by atomic mass is 10.1. The molecule has 0 saturated carbocycles. The Labute approximate surface area is 214 Å². The van der Waals surface area contributed by atoms with Gasteiger partial charge in [-0.05, 0) is 62.7 Å². The maximum Gasteiger partial charge on any atom is 0.305 e. The molecule has 3 rings (SSSR count). The number of nitrogens with zero attached hydrogens (tertiary/aromatic N) is 1. The van der Waals surface area contributed by atoms with Crippen LogP contribution < -0.4 is 9.04 Å². The molecule has 1 unspecified atom stereocenters. The summed E-state index contributed by atoms with van der Waals surface area (Å²) in [6.45, 7) is 3.73. The van der Waals surface area contributed by atoms with Gasteiger partial charge in [-0.3, -0.25) is 9.10 Å². The van der Waals surface area contributed by atoms with E-state index in [4.69, 9.17) is 21.1 Å². The van der Waals surface area contributed by atoms with Crippen molar-refractivity contribution in [3.05, 3.63) is 89.0 Å². The normalized spacial score (nSPS) is 12.1. The summed E-state index contributed by atoms with van der Waals surface area (Å²) in [4.78, 5) is 11.4. The molecular weight excluding hydrogens is 512 g/mol. The van der Waals surface area contributed by atoms with Gasteiger partial charge in [-0.15, -0.1) is 0 Å². The molecule has 0 aliphatic rings. The Hall–Kier alpha value is -3.17. The molecule has 3 aromatic carbocycles.